The molecule has 0 radical (unpaired) electrons. The molecule has 2 N–H and O–H groups in total. The summed E-state index contributed by atoms with van der Waals surface area (Å²) in [4.78, 5) is 11.6. The van der Waals surface area contributed by atoms with Gasteiger partial charge in [0, 0.05) is 24.2 Å². The normalized spacial score (nSPS) is 12.5. The highest BCUT2D eigenvalue weighted by Crippen LogP contribution is 2.08. The van der Waals surface area contributed by atoms with E-state index >= 15 is 0 Å². The SMILES string of the molecule is CC(C)C(C)NC(=O)CNCc1ccc(F)cc1F. The molecule has 1 rings (SSSR count). The number of halogens is 2. The zero-order chi connectivity index (χ0) is 14.4. The topological polar surface area (TPSA) is 41.1 Å². The standard InChI is InChI=1S/C14H20F2N2O/c1-9(2)10(3)18-14(19)8-17-7-11-4-5-12(15)6-13(11)16/h4-6,9-10,17H,7-8H2,1-3H3,(H,18,19). The Hall–Kier alpha value is -1.49. The lowest BCUT2D eigenvalue weighted by Crippen LogP contribution is -2.41. The molecule has 1 atom stereocenters. The van der Waals surface area contributed by atoms with Gasteiger partial charge in [-0.1, -0.05) is 19.9 Å². The van der Waals surface area contributed by atoms with E-state index in [-0.39, 0.29) is 25.0 Å². The lowest BCUT2D eigenvalue weighted by molar-refractivity contribution is -0.121. The molecule has 3 nitrogen and oxygen atoms in total. The van der Waals surface area contributed by atoms with Gasteiger partial charge in [0.15, 0.2) is 0 Å². The van der Waals surface area contributed by atoms with Gasteiger partial charge in [0.25, 0.3) is 0 Å². The minimum atomic E-state index is -0.608. The van der Waals surface area contributed by atoms with Gasteiger partial charge in [0.2, 0.25) is 5.91 Å². The van der Waals surface area contributed by atoms with Crippen molar-refractivity contribution in [1.82, 2.24) is 10.6 Å². The second-order valence-electron chi connectivity index (χ2n) is 4.94. The average Bonchev–Trinajstić information content (AvgIpc) is 2.31. The quantitative estimate of drug-likeness (QED) is 0.832. The highest BCUT2D eigenvalue weighted by Gasteiger charge is 2.10. The van der Waals surface area contributed by atoms with Crippen LogP contribution in [0.3, 0.4) is 0 Å². The van der Waals surface area contributed by atoms with Crippen LogP contribution in [0.4, 0.5) is 8.78 Å². The first kappa shape index (κ1) is 15.6. The minimum Gasteiger partial charge on any atom is -0.352 e. The Morgan fingerprint density at radius 3 is 2.53 bits per heavy atom. The summed E-state index contributed by atoms with van der Waals surface area (Å²) in [7, 11) is 0. The van der Waals surface area contributed by atoms with Crippen LogP contribution in [0.15, 0.2) is 18.2 Å². The predicted molar refractivity (Wildman–Crippen MR) is 70.5 cm³/mol. The molecule has 1 amide bonds. The molecule has 1 unspecified atom stereocenters. The van der Waals surface area contributed by atoms with E-state index in [1.807, 2.05) is 20.8 Å². The molecule has 0 saturated heterocycles. The zero-order valence-electron chi connectivity index (χ0n) is 11.5. The van der Waals surface area contributed by atoms with Crippen LogP contribution in [-0.2, 0) is 11.3 Å². The summed E-state index contributed by atoms with van der Waals surface area (Å²) in [6.45, 7) is 6.27. The molecule has 5 heteroatoms. The van der Waals surface area contributed by atoms with Crippen LogP contribution in [0.25, 0.3) is 0 Å². The van der Waals surface area contributed by atoms with Crippen LogP contribution in [0, 0.1) is 17.6 Å². The van der Waals surface area contributed by atoms with Crippen molar-refractivity contribution in [3.63, 3.8) is 0 Å². The fourth-order valence-electron chi connectivity index (χ4n) is 1.45. The molecule has 1 aromatic carbocycles. The number of hydrogen-bond donors (Lipinski definition) is 2. The number of rotatable bonds is 6. The van der Waals surface area contributed by atoms with Crippen molar-refractivity contribution in [3.05, 3.63) is 35.4 Å². The van der Waals surface area contributed by atoms with Crippen molar-refractivity contribution < 1.29 is 13.6 Å². The monoisotopic (exact) mass is 270 g/mol. The van der Waals surface area contributed by atoms with Crippen molar-refractivity contribution >= 4 is 5.91 Å². The molecule has 0 saturated carbocycles. The van der Waals surface area contributed by atoms with Crippen molar-refractivity contribution in [3.8, 4) is 0 Å². The lowest BCUT2D eigenvalue weighted by Gasteiger charge is -2.17. The third kappa shape index (κ3) is 5.34. The van der Waals surface area contributed by atoms with Gasteiger partial charge in [-0.05, 0) is 18.9 Å². The van der Waals surface area contributed by atoms with Gasteiger partial charge in [-0.15, -0.1) is 0 Å². The van der Waals surface area contributed by atoms with E-state index in [9.17, 15) is 13.6 Å². The molecule has 1 aromatic rings. The first-order valence-electron chi connectivity index (χ1n) is 6.34. The number of benzene rings is 1. The average molecular weight is 270 g/mol. The van der Waals surface area contributed by atoms with Gasteiger partial charge < -0.3 is 10.6 Å². The van der Waals surface area contributed by atoms with Crippen LogP contribution in [-0.4, -0.2) is 18.5 Å². The summed E-state index contributed by atoms with van der Waals surface area (Å²) in [5, 5.41) is 5.67. The smallest absolute Gasteiger partial charge is 0.234 e. The summed E-state index contributed by atoms with van der Waals surface area (Å²) >= 11 is 0. The van der Waals surface area contributed by atoms with Crippen LogP contribution >= 0.6 is 0 Å². The number of nitrogens with one attached hydrogen (secondary N) is 2. The molecule has 0 fully saturated rings. The summed E-state index contributed by atoms with van der Waals surface area (Å²) in [6.07, 6.45) is 0. The Balaban J connectivity index is 2.36. The fourth-order valence-corrected chi connectivity index (χ4v) is 1.45. The molecule has 19 heavy (non-hydrogen) atoms. The van der Waals surface area contributed by atoms with Gasteiger partial charge in [0.05, 0.1) is 6.54 Å². The van der Waals surface area contributed by atoms with Crippen LogP contribution in [0.2, 0.25) is 0 Å². The first-order valence-corrected chi connectivity index (χ1v) is 6.34. The van der Waals surface area contributed by atoms with Gasteiger partial charge in [-0.2, -0.15) is 0 Å². The van der Waals surface area contributed by atoms with Crippen LogP contribution < -0.4 is 10.6 Å². The lowest BCUT2D eigenvalue weighted by atomic mass is 10.1. The molecule has 0 aliphatic heterocycles. The third-order valence-corrected chi connectivity index (χ3v) is 3.00. The molecule has 0 spiro atoms. The Kier molecular flexibility index (Phi) is 5.89. The summed E-state index contributed by atoms with van der Waals surface area (Å²) in [5.74, 6) is -0.990. The zero-order valence-corrected chi connectivity index (χ0v) is 11.5. The fraction of sp³-hybridized carbons (Fsp3) is 0.500. The van der Waals surface area contributed by atoms with Gasteiger partial charge in [0.1, 0.15) is 11.6 Å². The van der Waals surface area contributed by atoms with Crippen molar-refractivity contribution in [1.29, 1.82) is 0 Å². The highest BCUT2D eigenvalue weighted by molar-refractivity contribution is 5.78. The van der Waals surface area contributed by atoms with E-state index < -0.39 is 11.6 Å². The summed E-state index contributed by atoms with van der Waals surface area (Å²) in [5.41, 5.74) is 0.339. The van der Waals surface area contributed by atoms with E-state index in [1.165, 1.54) is 12.1 Å². The van der Waals surface area contributed by atoms with E-state index in [1.54, 1.807) is 0 Å². The highest BCUT2D eigenvalue weighted by atomic mass is 19.1. The van der Waals surface area contributed by atoms with Gasteiger partial charge >= 0.3 is 0 Å². The molecule has 106 valence electrons. The van der Waals surface area contributed by atoms with Crippen LogP contribution in [0.1, 0.15) is 26.3 Å². The maximum absolute atomic E-state index is 13.3. The number of carbonyl (C=O) groups excluding carboxylic acids is 1. The predicted octanol–water partition coefficient (Wildman–Crippen LogP) is 2.22. The van der Waals surface area contributed by atoms with E-state index in [2.05, 4.69) is 10.6 Å². The van der Waals surface area contributed by atoms with E-state index in [0.717, 1.165) is 6.07 Å². The van der Waals surface area contributed by atoms with Crippen LogP contribution in [0.5, 0.6) is 0 Å². The van der Waals surface area contributed by atoms with Crippen molar-refractivity contribution in [2.75, 3.05) is 6.54 Å². The second-order valence-corrected chi connectivity index (χ2v) is 4.94. The summed E-state index contributed by atoms with van der Waals surface area (Å²) in [6, 6.07) is 3.49. The maximum Gasteiger partial charge on any atom is 0.234 e. The number of amides is 1. The van der Waals surface area contributed by atoms with Gasteiger partial charge in [-0.3, -0.25) is 4.79 Å². The minimum absolute atomic E-state index is 0.0943. The van der Waals surface area contributed by atoms with E-state index in [4.69, 9.17) is 0 Å². The molecule has 0 aromatic heterocycles. The first-order chi connectivity index (χ1) is 8.90. The Bertz CT molecular complexity index is 435. The largest absolute Gasteiger partial charge is 0.352 e. The molecular weight excluding hydrogens is 250 g/mol. The van der Waals surface area contributed by atoms with Crippen molar-refractivity contribution in [2.24, 2.45) is 5.92 Å². The van der Waals surface area contributed by atoms with Gasteiger partial charge in [-0.25, -0.2) is 8.78 Å². The Morgan fingerprint density at radius 2 is 1.95 bits per heavy atom. The number of carbonyl (C=O) groups is 1. The van der Waals surface area contributed by atoms with Crippen molar-refractivity contribution in [2.45, 2.75) is 33.4 Å². The maximum atomic E-state index is 13.3. The Morgan fingerprint density at radius 1 is 1.26 bits per heavy atom. The third-order valence-electron chi connectivity index (χ3n) is 3.00. The second kappa shape index (κ2) is 7.19. The molecule has 0 bridgehead atoms. The molecule has 0 heterocycles. The molecular formula is C14H20F2N2O. The molecule has 0 aliphatic carbocycles. The number of hydrogen-bond acceptors (Lipinski definition) is 2. The molecule has 0 aliphatic rings. The van der Waals surface area contributed by atoms with E-state index in [0.29, 0.717) is 11.5 Å². The summed E-state index contributed by atoms with van der Waals surface area (Å²) < 4.78 is 26.0. The Labute approximate surface area is 112 Å².